The van der Waals surface area contributed by atoms with Crippen LogP contribution in [0, 0.1) is 0 Å². The summed E-state index contributed by atoms with van der Waals surface area (Å²) in [5, 5.41) is 7.50. The molecule has 0 N–H and O–H groups in total. The third-order valence-electron chi connectivity index (χ3n) is 1.03. The molecule has 0 aliphatic rings. The van der Waals surface area contributed by atoms with E-state index >= 15 is 0 Å². The molecular formula is C6H8N2O3S. The Bertz CT molecular complexity index is 274. The highest BCUT2D eigenvalue weighted by Gasteiger charge is 2.14. The first kappa shape index (κ1) is 9.05. The van der Waals surface area contributed by atoms with Gasteiger partial charge in [-0.25, -0.2) is 4.79 Å². The van der Waals surface area contributed by atoms with E-state index in [1.807, 2.05) is 6.92 Å². The average Bonchev–Trinajstić information content (AvgIpc) is 2.52. The maximum atomic E-state index is 10.8. The molecule has 0 aliphatic heterocycles. The van der Waals surface area contributed by atoms with Gasteiger partial charge in [0.25, 0.3) is 5.22 Å². The van der Waals surface area contributed by atoms with Crippen molar-refractivity contribution in [1.82, 2.24) is 10.2 Å². The number of carbonyl (C=O) groups excluding carboxylic acids is 1. The molecule has 0 unspecified atom stereocenters. The molecule has 0 amide bonds. The quantitative estimate of drug-likeness (QED) is 0.520. The Hall–Kier alpha value is -1.04. The second-order valence-corrected chi connectivity index (χ2v) is 3.01. The van der Waals surface area contributed by atoms with E-state index < -0.39 is 5.97 Å². The van der Waals surface area contributed by atoms with Gasteiger partial charge >= 0.3 is 11.9 Å². The van der Waals surface area contributed by atoms with Crippen molar-refractivity contribution >= 4 is 17.7 Å². The van der Waals surface area contributed by atoms with Crippen LogP contribution in [0.15, 0.2) is 9.64 Å². The number of rotatable bonds is 3. The zero-order valence-electron chi connectivity index (χ0n) is 6.73. The molecule has 0 aliphatic carbocycles. The predicted octanol–water partition coefficient (Wildman–Crippen LogP) is 0.968. The minimum Gasteiger partial charge on any atom is -0.462 e. The molecule has 6 heteroatoms. The Morgan fingerprint density at radius 2 is 2.42 bits per heavy atom. The van der Waals surface area contributed by atoms with Crippen LogP contribution in [0.5, 0.6) is 0 Å². The maximum absolute atomic E-state index is 10.8. The molecule has 12 heavy (non-hydrogen) atoms. The number of carbonyl (C=O) groups is 1. The first-order valence-electron chi connectivity index (χ1n) is 3.32. The molecule has 1 aromatic heterocycles. The number of hydrogen-bond donors (Lipinski definition) is 0. The fraction of sp³-hybridized carbons (Fsp3) is 0.500. The number of nitrogens with zero attached hydrogens (tertiary/aromatic N) is 2. The second kappa shape index (κ2) is 4.10. The number of esters is 1. The number of aromatic nitrogens is 2. The predicted molar refractivity (Wildman–Crippen MR) is 42.0 cm³/mol. The van der Waals surface area contributed by atoms with Crippen LogP contribution in [0.1, 0.15) is 17.6 Å². The summed E-state index contributed by atoms with van der Waals surface area (Å²) >= 11 is 1.38. The first-order valence-corrected chi connectivity index (χ1v) is 4.31. The zero-order valence-corrected chi connectivity index (χ0v) is 7.55. The summed E-state index contributed by atoms with van der Waals surface area (Å²) in [6.45, 7) is 1.95. The van der Waals surface area contributed by atoms with Crippen LogP contribution >= 0.6 is 11.8 Å². The standard InChI is InChI=1S/C6H8N2O3S/c1-3-12-6-8-7-4(11-6)5(9)10-2/h3H2,1-2H3. The highest BCUT2D eigenvalue weighted by molar-refractivity contribution is 7.99. The molecule has 0 bridgehead atoms. The second-order valence-electron chi connectivity index (χ2n) is 1.80. The van der Waals surface area contributed by atoms with E-state index in [1.54, 1.807) is 0 Å². The lowest BCUT2D eigenvalue weighted by atomic mass is 10.7. The minimum absolute atomic E-state index is 0.103. The van der Waals surface area contributed by atoms with Gasteiger partial charge in [0.05, 0.1) is 7.11 Å². The first-order chi connectivity index (χ1) is 5.77. The lowest BCUT2D eigenvalue weighted by Gasteiger charge is -1.89. The molecule has 0 atom stereocenters. The lowest BCUT2D eigenvalue weighted by Crippen LogP contribution is -2.00. The van der Waals surface area contributed by atoms with Crippen LogP contribution < -0.4 is 0 Å². The smallest absolute Gasteiger partial charge is 0.396 e. The van der Waals surface area contributed by atoms with Gasteiger partial charge in [-0.3, -0.25) is 0 Å². The monoisotopic (exact) mass is 188 g/mol. The van der Waals surface area contributed by atoms with E-state index in [2.05, 4.69) is 14.9 Å². The Labute approximate surface area is 73.5 Å². The molecular weight excluding hydrogens is 180 g/mol. The van der Waals surface area contributed by atoms with E-state index in [1.165, 1.54) is 18.9 Å². The van der Waals surface area contributed by atoms with Gasteiger partial charge in [0.1, 0.15) is 0 Å². The zero-order chi connectivity index (χ0) is 8.97. The lowest BCUT2D eigenvalue weighted by molar-refractivity contribution is 0.0550. The van der Waals surface area contributed by atoms with Gasteiger partial charge < -0.3 is 9.15 Å². The number of ether oxygens (including phenoxy) is 1. The van der Waals surface area contributed by atoms with E-state index in [9.17, 15) is 4.79 Å². The summed E-state index contributed by atoms with van der Waals surface area (Å²) < 4.78 is 9.33. The van der Waals surface area contributed by atoms with Gasteiger partial charge in [-0.1, -0.05) is 23.8 Å². The van der Waals surface area contributed by atoms with Gasteiger partial charge in [0.15, 0.2) is 0 Å². The largest absolute Gasteiger partial charge is 0.462 e. The molecule has 1 aromatic rings. The van der Waals surface area contributed by atoms with Crippen LogP contribution in [-0.2, 0) is 4.74 Å². The van der Waals surface area contributed by atoms with Gasteiger partial charge in [-0.05, 0) is 5.75 Å². The van der Waals surface area contributed by atoms with Crippen molar-refractivity contribution in [1.29, 1.82) is 0 Å². The molecule has 66 valence electrons. The summed E-state index contributed by atoms with van der Waals surface area (Å²) in [6, 6.07) is 0. The number of methoxy groups -OCH3 is 1. The topological polar surface area (TPSA) is 65.2 Å². The van der Waals surface area contributed by atoms with Crippen molar-refractivity contribution in [3.05, 3.63) is 5.89 Å². The Morgan fingerprint density at radius 3 is 3.00 bits per heavy atom. The summed E-state index contributed by atoms with van der Waals surface area (Å²) in [5.41, 5.74) is 0. The molecule has 5 nitrogen and oxygen atoms in total. The molecule has 0 radical (unpaired) electrons. The molecule has 0 saturated heterocycles. The van der Waals surface area contributed by atoms with Crippen LogP contribution in [0.4, 0.5) is 0 Å². The average molecular weight is 188 g/mol. The van der Waals surface area contributed by atoms with Crippen molar-refractivity contribution in [3.63, 3.8) is 0 Å². The van der Waals surface area contributed by atoms with Crippen LogP contribution in [-0.4, -0.2) is 29.0 Å². The maximum Gasteiger partial charge on any atom is 0.396 e. The van der Waals surface area contributed by atoms with E-state index in [4.69, 9.17) is 4.42 Å². The van der Waals surface area contributed by atoms with E-state index in [-0.39, 0.29) is 5.89 Å². The van der Waals surface area contributed by atoms with Crippen molar-refractivity contribution in [2.75, 3.05) is 12.9 Å². The third kappa shape index (κ3) is 1.97. The minimum atomic E-state index is -0.606. The molecule has 0 aromatic carbocycles. The summed E-state index contributed by atoms with van der Waals surface area (Å²) in [7, 11) is 1.26. The molecule has 0 saturated carbocycles. The van der Waals surface area contributed by atoms with Crippen molar-refractivity contribution in [2.24, 2.45) is 0 Å². The number of thioether (sulfide) groups is 1. The van der Waals surface area contributed by atoms with Crippen LogP contribution in [0.2, 0.25) is 0 Å². The summed E-state index contributed by atoms with van der Waals surface area (Å²) in [6.07, 6.45) is 0. The molecule has 0 fully saturated rings. The third-order valence-corrected chi connectivity index (χ3v) is 1.73. The fourth-order valence-electron chi connectivity index (χ4n) is 0.561. The van der Waals surface area contributed by atoms with Crippen molar-refractivity contribution in [3.8, 4) is 0 Å². The highest BCUT2D eigenvalue weighted by atomic mass is 32.2. The van der Waals surface area contributed by atoms with Gasteiger partial charge in [-0.2, -0.15) is 0 Å². The molecule has 1 heterocycles. The van der Waals surface area contributed by atoms with E-state index in [0.717, 1.165) is 5.75 Å². The SMILES string of the molecule is CCSc1nnc(C(=O)OC)o1. The Morgan fingerprint density at radius 1 is 1.67 bits per heavy atom. The van der Waals surface area contributed by atoms with Gasteiger partial charge in [0, 0.05) is 0 Å². The van der Waals surface area contributed by atoms with Crippen LogP contribution in [0.25, 0.3) is 0 Å². The van der Waals surface area contributed by atoms with Crippen molar-refractivity contribution < 1.29 is 13.9 Å². The Balaban J connectivity index is 2.70. The van der Waals surface area contributed by atoms with Crippen LogP contribution in [0.3, 0.4) is 0 Å². The highest BCUT2D eigenvalue weighted by Crippen LogP contribution is 2.15. The summed E-state index contributed by atoms with van der Waals surface area (Å²) in [5.74, 6) is 0.113. The van der Waals surface area contributed by atoms with Crippen molar-refractivity contribution in [2.45, 2.75) is 12.1 Å². The molecule has 1 rings (SSSR count). The fourth-order valence-corrected chi connectivity index (χ4v) is 1.04. The molecule has 0 spiro atoms. The van der Waals surface area contributed by atoms with Gasteiger partial charge in [-0.15, -0.1) is 5.10 Å². The normalized spacial score (nSPS) is 9.83. The number of hydrogen-bond acceptors (Lipinski definition) is 6. The van der Waals surface area contributed by atoms with Gasteiger partial charge in [0.2, 0.25) is 0 Å². The van der Waals surface area contributed by atoms with E-state index in [0.29, 0.717) is 5.22 Å². The summed E-state index contributed by atoms with van der Waals surface area (Å²) in [4.78, 5) is 10.8. The Kier molecular flexibility index (Phi) is 3.09.